The summed E-state index contributed by atoms with van der Waals surface area (Å²) in [6, 6.07) is 33.5. The summed E-state index contributed by atoms with van der Waals surface area (Å²) >= 11 is 0. The van der Waals surface area contributed by atoms with Gasteiger partial charge in [-0.1, -0.05) is 101 Å². The number of unbranched alkanes of at least 4 members (excludes halogenated alkanes) is 3. The SMILES string of the molecule is C=C(C)[C@@H]1CC[C@]2(C(=O)OCCCCCC[P+](c3ccccc3)(c3ccccc3)c3ccccc3)CC[C@]3(C)[C@H](CC[C@@H]4[C@@]5(C)CC[C@H](O[C@@H]6O[C@@H](C)[C@H](O)[C@@H](O)[C@H]6O)C(C)(C)[C@@H]5CC[C@]43C)[C@@H]12. The van der Waals surface area contributed by atoms with Crippen LogP contribution in [0.4, 0.5) is 0 Å². The van der Waals surface area contributed by atoms with Crippen LogP contribution >= 0.6 is 7.26 Å². The summed E-state index contributed by atoms with van der Waals surface area (Å²) in [6.45, 7) is 21.6. The molecule has 8 heteroatoms. The van der Waals surface area contributed by atoms with Gasteiger partial charge in [0.1, 0.15) is 41.5 Å². The van der Waals surface area contributed by atoms with Crippen molar-refractivity contribution in [3.05, 3.63) is 103 Å². The number of aliphatic hydroxyl groups excluding tert-OH is 3. The fourth-order valence-electron chi connectivity index (χ4n) is 17.0. The monoisotopic (exact) mass is 948 g/mol. The van der Waals surface area contributed by atoms with Crippen LogP contribution in [0.5, 0.6) is 0 Å². The van der Waals surface area contributed by atoms with Gasteiger partial charge in [0.05, 0.1) is 30.4 Å². The van der Waals surface area contributed by atoms with E-state index in [2.05, 4.69) is 139 Å². The zero-order valence-corrected chi connectivity index (χ0v) is 43.3. The van der Waals surface area contributed by atoms with Crippen LogP contribution in [0.15, 0.2) is 103 Å². The number of carbonyl (C=O) groups excluding carboxylic acids is 1. The zero-order valence-electron chi connectivity index (χ0n) is 42.5. The number of rotatable bonds is 14. The number of aliphatic hydroxyl groups is 3. The molecule has 15 atom stereocenters. The maximum absolute atomic E-state index is 14.8. The third-order valence-corrected chi connectivity index (χ3v) is 25.3. The Labute approximate surface area is 409 Å². The van der Waals surface area contributed by atoms with E-state index in [0.717, 1.165) is 89.6 Å². The second kappa shape index (κ2) is 19.3. The lowest BCUT2D eigenvalue weighted by Gasteiger charge is -2.73. The van der Waals surface area contributed by atoms with Crippen molar-refractivity contribution in [3.63, 3.8) is 0 Å². The molecule has 370 valence electrons. The molecule has 0 radical (unpaired) electrons. The van der Waals surface area contributed by atoms with E-state index >= 15 is 0 Å². The van der Waals surface area contributed by atoms with Crippen molar-refractivity contribution < 1.29 is 34.3 Å². The minimum atomic E-state index is -1.86. The van der Waals surface area contributed by atoms with Gasteiger partial charge in [-0.2, -0.15) is 0 Å². The summed E-state index contributed by atoms with van der Waals surface area (Å²) in [5.74, 6) is 2.09. The standard InChI is InChI=1S/C60H84O7P/c1-40(2)45-30-35-60(55(64)65-38-20-9-10-21-39-68(42-22-14-11-15-23-42,43-24-16-12-17-25-43)44-26-18-13-19-27-44)37-36-58(7)46(50(45)60)28-29-48-57(6)33-32-49(56(4,5)47(57)31-34-59(48,58)8)67-54-53(63)52(62)51(61)41(3)66-54/h11-19,22-27,41,45-54,61-63H,1,9-10,20-21,28-39H2,2-8H3/q+1/t41-,45-,46+,47-,48+,49-,50+,51-,52+,53+,54-,57-,58+,59+,60-/m0/s1. The molecule has 0 amide bonds. The Kier molecular flexibility index (Phi) is 14.2. The molecule has 5 saturated carbocycles. The van der Waals surface area contributed by atoms with E-state index in [4.69, 9.17) is 14.2 Å². The van der Waals surface area contributed by atoms with E-state index in [0.29, 0.717) is 30.3 Å². The van der Waals surface area contributed by atoms with Gasteiger partial charge in [-0.25, -0.2) is 0 Å². The van der Waals surface area contributed by atoms with Gasteiger partial charge in [-0.15, -0.1) is 0 Å². The highest BCUT2D eigenvalue weighted by Crippen LogP contribution is 2.78. The number of hydrogen-bond donors (Lipinski definition) is 3. The summed E-state index contributed by atoms with van der Waals surface area (Å²) in [6.07, 6.45) is 10.2. The Bertz CT molecular complexity index is 2120. The van der Waals surface area contributed by atoms with Crippen LogP contribution < -0.4 is 15.9 Å². The lowest BCUT2D eigenvalue weighted by Crippen LogP contribution is -2.67. The van der Waals surface area contributed by atoms with E-state index in [-0.39, 0.29) is 39.7 Å². The lowest BCUT2D eigenvalue weighted by molar-refractivity contribution is -0.326. The Morgan fingerprint density at radius 3 is 1.88 bits per heavy atom. The molecule has 1 saturated heterocycles. The summed E-state index contributed by atoms with van der Waals surface area (Å²) in [5.41, 5.74) is 0.958. The minimum Gasteiger partial charge on any atom is -0.465 e. The van der Waals surface area contributed by atoms with Crippen molar-refractivity contribution in [1.82, 2.24) is 0 Å². The number of benzene rings is 3. The smallest absolute Gasteiger partial charge is 0.312 e. The van der Waals surface area contributed by atoms with Crippen molar-refractivity contribution in [3.8, 4) is 0 Å². The number of fused-ring (bicyclic) bond motifs is 7. The highest BCUT2D eigenvalue weighted by molar-refractivity contribution is 7.95. The first-order chi connectivity index (χ1) is 32.5. The molecule has 3 aromatic carbocycles. The largest absolute Gasteiger partial charge is 0.465 e. The Hall–Kier alpha value is -2.90. The first-order valence-corrected chi connectivity index (χ1v) is 28.7. The number of carbonyl (C=O) groups is 1. The Morgan fingerprint density at radius 2 is 1.28 bits per heavy atom. The van der Waals surface area contributed by atoms with Crippen molar-refractivity contribution in [2.24, 2.45) is 56.7 Å². The highest BCUT2D eigenvalue weighted by atomic mass is 31.2. The van der Waals surface area contributed by atoms with Crippen LogP contribution in [0, 0.1) is 56.7 Å². The molecule has 68 heavy (non-hydrogen) atoms. The number of esters is 1. The maximum atomic E-state index is 14.8. The predicted molar refractivity (Wildman–Crippen MR) is 276 cm³/mol. The normalized spacial score (nSPS) is 39.7. The average Bonchev–Trinajstić information content (AvgIpc) is 3.74. The summed E-state index contributed by atoms with van der Waals surface area (Å²) in [5, 5.41) is 36.2. The quantitative estimate of drug-likeness (QED) is 0.0486. The fourth-order valence-corrected chi connectivity index (χ4v) is 21.4. The molecule has 1 aliphatic heterocycles. The second-order valence-corrected chi connectivity index (χ2v) is 27.7. The Morgan fingerprint density at radius 1 is 0.676 bits per heavy atom. The lowest BCUT2D eigenvalue weighted by atomic mass is 9.32. The van der Waals surface area contributed by atoms with Crippen LogP contribution in [-0.2, 0) is 19.0 Å². The molecule has 0 spiro atoms. The van der Waals surface area contributed by atoms with Gasteiger partial charge < -0.3 is 29.5 Å². The number of hydrogen-bond acceptors (Lipinski definition) is 7. The van der Waals surface area contributed by atoms with Gasteiger partial charge in [0.2, 0.25) is 0 Å². The van der Waals surface area contributed by atoms with Gasteiger partial charge in [-0.3, -0.25) is 4.79 Å². The number of ether oxygens (including phenoxy) is 3. The predicted octanol–water partition coefficient (Wildman–Crippen LogP) is 11.0. The molecular weight excluding hydrogens is 864 g/mol. The molecule has 1 heterocycles. The molecule has 0 unspecified atom stereocenters. The molecule has 0 aromatic heterocycles. The zero-order chi connectivity index (χ0) is 48.3. The average molecular weight is 948 g/mol. The molecular formula is C60H84O7P+. The van der Waals surface area contributed by atoms with Crippen LogP contribution in [0.2, 0.25) is 0 Å². The van der Waals surface area contributed by atoms with E-state index in [1.807, 2.05) is 0 Å². The topological polar surface area (TPSA) is 105 Å². The summed E-state index contributed by atoms with van der Waals surface area (Å²) in [4.78, 5) is 14.8. The molecule has 5 aliphatic carbocycles. The van der Waals surface area contributed by atoms with Gasteiger partial charge in [0, 0.05) is 0 Å². The second-order valence-electron chi connectivity index (χ2n) is 24.1. The molecule has 3 aromatic rings. The van der Waals surface area contributed by atoms with E-state index < -0.39 is 43.4 Å². The minimum absolute atomic E-state index is 0.0713. The summed E-state index contributed by atoms with van der Waals surface area (Å²) < 4.78 is 19.1. The van der Waals surface area contributed by atoms with E-state index in [1.54, 1.807) is 6.92 Å². The first-order valence-electron chi connectivity index (χ1n) is 26.7. The highest BCUT2D eigenvalue weighted by Gasteiger charge is 2.72. The van der Waals surface area contributed by atoms with Crippen molar-refractivity contribution in [2.45, 2.75) is 175 Å². The molecule has 0 bridgehead atoms. The maximum Gasteiger partial charge on any atom is 0.312 e. The van der Waals surface area contributed by atoms with Crippen molar-refractivity contribution >= 4 is 29.1 Å². The Balaban J connectivity index is 0.860. The molecule has 3 N–H and O–H groups in total. The third kappa shape index (κ3) is 8.12. The van der Waals surface area contributed by atoms with Gasteiger partial charge in [0.15, 0.2) is 6.29 Å². The van der Waals surface area contributed by atoms with Crippen LogP contribution in [0.1, 0.15) is 138 Å². The van der Waals surface area contributed by atoms with E-state index in [9.17, 15) is 20.1 Å². The third-order valence-electron chi connectivity index (χ3n) is 20.7. The van der Waals surface area contributed by atoms with Crippen LogP contribution in [-0.4, -0.2) is 70.9 Å². The molecule has 6 aliphatic rings. The molecule has 9 rings (SSSR count). The van der Waals surface area contributed by atoms with Gasteiger partial charge in [-0.05, 0) is 191 Å². The summed E-state index contributed by atoms with van der Waals surface area (Å²) in [7, 11) is -1.86. The van der Waals surface area contributed by atoms with Gasteiger partial charge >= 0.3 is 5.97 Å². The number of allylic oxidation sites excluding steroid dienone is 1. The van der Waals surface area contributed by atoms with Crippen LogP contribution in [0.25, 0.3) is 0 Å². The van der Waals surface area contributed by atoms with Crippen molar-refractivity contribution in [1.29, 1.82) is 0 Å². The van der Waals surface area contributed by atoms with Crippen LogP contribution in [0.3, 0.4) is 0 Å². The van der Waals surface area contributed by atoms with Gasteiger partial charge in [0.25, 0.3) is 0 Å². The molecule has 7 nitrogen and oxygen atoms in total. The van der Waals surface area contributed by atoms with Crippen molar-refractivity contribution in [2.75, 3.05) is 12.8 Å². The molecule has 6 fully saturated rings. The van der Waals surface area contributed by atoms with E-state index in [1.165, 1.54) is 27.9 Å². The first kappa shape index (κ1) is 50.1. The fraction of sp³-hybridized carbons (Fsp3) is 0.650.